The lowest BCUT2D eigenvalue weighted by molar-refractivity contribution is 0.173. The molecule has 118 valence electrons. The first kappa shape index (κ1) is 13.3. The lowest BCUT2D eigenvalue weighted by Crippen LogP contribution is -2.01. The van der Waals surface area contributed by atoms with Crippen molar-refractivity contribution in [1.29, 1.82) is 0 Å². The van der Waals surface area contributed by atoms with E-state index in [2.05, 4.69) is 17.4 Å². The van der Waals surface area contributed by atoms with Gasteiger partial charge in [0.15, 0.2) is 11.5 Å². The maximum Gasteiger partial charge on any atom is 0.231 e. The van der Waals surface area contributed by atoms with Gasteiger partial charge < -0.3 is 19.2 Å². The standard InChI is InChI=1S/C20H15NO3/c1-2-6-17-15(5-1)16-10-14(8-9-18(16)24-17)21-11-13-4-3-7-19-20(13)23-12-22-19/h1-10,21H,11-12H2. The third kappa shape index (κ3) is 2.07. The van der Waals surface area contributed by atoms with Gasteiger partial charge in [0, 0.05) is 28.6 Å². The predicted octanol–water partition coefficient (Wildman–Crippen LogP) is 4.93. The van der Waals surface area contributed by atoms with Crippen molar-refractivity contribution in [2.45, 2.75) is 6.54 Å². The van der Waals surface area contributed by atoms with E-state index < -0.39 is 0 Å². The number of benzene rings is 3. The summed E-state index contributed by atoms with van der Waals surface area (Å²) in [5.74, 6) is 1.64. The second-order valence-electron chi connectivity index (χ2n) is 5.81. The van der Waals surface area contributed by atoms with E-state index in [4.69, 9.17) is 13.9 Å². The van der Waals surface area contributed by atoms with E-state index in [-0.39, 0.29) is 0 Å². The molecule has 1 aromatic heterocycles. The summed E-state index contributed by atoms with van der Waals surface area (Å²) >= 11 is 0. The number of hydrogen-bond donors (Lipinski definition) is 1. The highest BCUT2D eigenvalue weighted by molar-refractivity contribution is 6.05. The Kier molecular flexibility index (Phi) is 2.88. The first-order valence-corrected chi connectivity index (χ1v) is 7.91. The van der Waals surface area contributed by atoms with Crippen molar-refractivity contribution in [3.05, 3.63) is 66.2 Å². The lowest BCUT2D eigenvalue weighted by Gasteiger charge is -2.09. The summed E-state index contributed by atoms with van der Waals surface area (Å²) < 4.78 is 16.8. The Morgan fingerprint density at radius 2 is 1.75 bits per heavy atom. The molecule has 4 nitrogen and oxygen atoms in total. The van der Waals surface area contributed by atoms with Crippen LogP contribution in [0.3, 0.4) is 0 Å². The summed E-state index contributed by atoms with van der Waals surface area (Å²) in [7, 11) is 0. The number of anilines is 1. The summed E-state index contributed by atoms with van der Waals surface area (Å²) in [6.45, 7) is 0.965. The molecular formula is C20H15NO3. The van der Waals surface area contributed by atoms with Gasteiger partial charge in [0.25, 0.3) is 0 Å². The van der Waals surface area contributed by atoms with E-state index >= 15 is 0 Å². The van der Waals surface area contributed by atoms with Gasteiger partial charge in [0.1, 0.15) is 11.2 Å². The Bertz CT molecular complexity index is 1050. The number of rotatable bonds is 3. The van der Waals surface area contributed by atoms with E-state index in [0.717, 1.165) is 44.7 Å². The molecule has 0 radical (unpaired) electrons. The van der Waals surface area contributed by atoms with Crippen molar-refractivity contribution in [2.75, 3.05) is 12.1 Å². The molecule has 0 spiro atoms. The maximum atomic E-state index is 5.87. The van der Waals surface area contributed by atoms with Gasteiger partial charge in [-0.05, 0) is 30.3 Å². The molecule has 0 bridgehead atoms. The summed E-state index contributed by atoms with van der Waals surface area (Å²) in [6.07, 6.45) is 0. The molecule has 2 heterocycles. The van der Waals surface area contributed by atoms with Crippen LogP contribution in [0.25, 0.3) is 21.9 Å². The molecule has 0 aliphatic carbocycles. The molecule has 4 aromatic rings. The first-order chi connectivity index (χ1) is 11.9. The quantitative estimate of drug-likeness (QED) is 0.582. The van der Waals surface area contributed by atoms with E-state index in [0.29, 0.717) is 13.3 Å². The van der Waals surface area contributed by atoms with Crippen molar-refractivity contribution >= 4 is 27.6 Å². The fourth-order valence-corrected chi connectivity index (χ4v) is 3.16. The highest BCUT2D eigenvalue weighted by Gasteiger charge is 2.16. The zero-order valence-corrected chi connectivity index (χ0v) is 12.9. The minimum absolute atomic E-state index is 0.291. The fraction of sp³-hybridized carbons (Fsp3) is 0.100. The van der Waals surface area contributed by atoms with Crippen LogP contribution in [0.5, 0.6) is 11.5 Å². The van der Waals surface area contributed by atoms with Crippen molar-refractivity contribution in [2.24, 2.45) is 0 Å². The number of hydrogen-bond acceptors (Lipinski definition) is 4. The number of nitrogens with one attached hydrogen (secondary N) is 1. The maximum absolute atomic E-state index is 5.87. The Labute approximate surface area is 138 Å². The average Bonchev–Trinajstić information content (AvgIpc) is 3.24. The second-order valence-corrected chi connectivity index (χ2v) is 5.81. The van der Waals surface area contributed by atoms with Crippen LogP contribution in [-0.2, 0) is 6.54 Å². The third-order valence-electron chi connectivity index (χ3n) is 4.34. The van der Waals surface area contributed by atoms with Crippen molar-refractivity contribution in [1.82, 2.24) is 0 Å². The SMILES string of the molecule is c1cc(CNc2ccc3oc4ccccc4c3c2)c2c(c1)OCO2. The third-order valence-corrected chi connectivity index (χ3v) is 4.34. The number of furan rings is 1. The van der Waals surface area contributed by atoms with E-state index in [9.17, 15) is 0 Å². The lowest BCUT2D eigenvalue weighted by atomic mass is 10.1. The number of ether oxygens (including phenoxy) is 2. The molecule has 5 rings (SSSR count). The molecule has 4 heteroatoms. The highest BCUT2D eigenvalue weighted by Crippen LogP contribution is 2.36. The fourth-order valence-electron chi connectivity index (χ4n) is 3.16. The van der Waals surface area contributed by atoms with Crippen LogP contribution < -0.4 is 14.8 Å². The van der Waals surface area contributed by atoms with Crippen LogP contribution in [0, 0.1) is 0 Å². The molecule has 1 aliphatic heterocycles. The molecule has 0 fully saturated rings. The minimum Gasteiger partial charge on any atom is -0.456 e. The molecule has 1 aliphatic rings. The zero-order valence-electron chi connectivity index (χ0n) is 12.9. The molecule has 0 saturated carbocycles. The summed E-state index contributed by atoms with van der Waals surface area (Å²) in [5.41, 5.74) is 3.95. The van der Waals surface area contributed by atoms with Crippen LogP contribution >= 0.6 is 0 Å². The van der Waals surface area contributed by atoms with Gasteiger partial charge in [-0.15, -0.1) is 0 Å². The normalized spacial score (nSPS) is 12.8. The summed E-state index contributed by atoms with van der Waals surface area (Å²) in [4.78, 5) is 0. The van der Waals surface area contributed by atoms with E-state index in [1.807, 2.05) is 48.5 Å². The van der Waals surface area contributed by atoms with E-state index in [1.165, 1.54) is 0 Å². The van der Waals surface area contributed by atoms with Gasteiger partial charge in [0.05, 0.1) is 0 Å². The number of para-hydroxylation sites is 2. The Balaban J connectivity index is 1.47. The summed E-state index contributed by atoms with van der Waals surface area (Å²) in [5, 5.41) is 5.71. The Hall–Kier alpha value is -3.14. The molecular weight excluding hydrogens is 302 g/mol. The number of fused-ring (bicyclic) bond motifs is 4. The molecule has 24 heavy (non-hydrogen) atoms. The predicted molar refractivity (Wildman–Crippen MR) is 93.6 cm³/mol. The van der Waals surface area contributed by atoms with Crippen LogP contribution in [-0.4, -0.2) is 6.79 Å². The van der Waals surface area contributed by atoms with Gasteiger partial charge in [-0.25, -0.2) is 0 Å². The van der Waals surface area contributed by atoms with Gasteiger partial charge in [0.2, 0.25) is 6.79 Å². The van der Waals surface area contributed by atoms with Crippen molar-refractivity contribution in [3.63, 3.8) is 0 Å². The van der Waals surface area contributed by atoms with Crippen LogP contribution in [0.1, 0.15) is 5.56 Å². The molecule has 0 unspecified atom stereocenters. The van der Waals surface area contributed by atoms with Gasteiger partial charge >= 0.3 is 0 Å². The topological polar surface area (TPSA) is 43.6 Å². The van der Waals surface area contributed by atoms with Crippen molar-refractivity contribution in [3.8, 4) is 11.5 Å². The molecule has 0 atom stereocenters. The van der Waals surface area contributed by atoms with Crippen LogP contribution in [0.2, 0.25) is 0 Å². The van der Waals surface area contributed by atoms with Gasteiger partial charge in [-0.1, -0.05) is 30.3 Å². The second kappa shape index (κ2) is 5.20. The van der Waals surface area contributed by atoms with Crippen molar-refractivity contribution < 1.29 is 13.9 Å². The van der Waals surface area contributed by atoms with Gasteiger partial charge in [-0.3, -0.25) is 0 Å². The largest absolute Gasteiger partial charge is 0.456 e. The summed E-state index contributed by atoms with van der Waals surface area (Å²) in [6, 6.07) is 20.2. The zero-order chi connectivity index (χ0) is 15.9. The smallest absolute Gasteiger partial charge is 0.231 e. The molecule has 0 saturated heterocycles. The first-order valence-electron chi connectivity index (χ1n) is 7.91. The van der Waals surface area contributed by atoms with Crippen LogP contribution in [0.4, 0.5) is 5.69 Å². The van der Waals surface area contributed by atoms with E-state index in [1.54, 1.807) is 0 Å². The molecule has 3 aromatic carbocycles. The highest BCUT2D eigenvalue weighted by atomic mass is 16.7. The monoisotopic (exact) mass is 317 g/mol. The molecule has 1 N–H and O–H groups in total. The Morgan fingerprint density at radius 1 is 0.833 bits per heavy atom. The Morgan fingerprint density at radius 3 is 2.75 bits per heavy atom. The van der Waals surface area contributed by atoms with Gasteiger partial charge in [-0.2, -0.15) is 0 Å². The average molecular weight is 317 g/mol. The van der Waals surface area contributed by atoms with Crippen LogP contribution in [0.15, 0.2) is 65.1 Å². The minimum atomic E-state index is 0.291. The molecule has 0 amide bonds.